The molecule has 0 aliphatic carbocycles. The Morgan fingerprint density at radius 1 is 1.39 bits per heavy atom. The lowest BCUT2D eigenvalue weighted by Crippen LogP contribution is -1.99. The Kier molecular flexibility index (Phi) is 3.76. The minimum atomic E-state index is -0.870. The maximum absolute atomic E-state index is 12.8. The van der Waals surface area contributed by atoms with E-state index in [-0.39, 0.29) is 12.2 Å². The topological polar surface area (TPSA) is 66.0 Å². The van der Waals surface area contributed by atoms with Gasteiger partial charge in [-0.3, -0.25) is 4.79 Å². The molecule has 18 heavy (non-hydrogen) atoms. The van der Waals surface area contributed by atoms with E-state index in [4.69, 9.17) is 5.11 Å². The lowest BCUT2D eigenvalue weighted by atomic mass is 10.1. The van der Waals surface area contributed by atoms with Crippen molar-refractivity contribution in [3.05, 3.63) is 40.5 Å². The average molecular weight is 313 g/mol. The largest absolute Gasteiger partial charge is 0.481 e. The van der Waals surface area contributed by atoms with Crippen molar-refractivity contribution in [2.75, 3.05) is 0 Å². The number of hydrogen-bond acceptors (Lipinski definition) is 2. The van der Waals surface area contributed by atoms with Gasteiger partial charge in [-0.25, -0.2) is 9.37 Å². The Morgan fingerprint density at radius 2 is 2.06 bits per heavy atom. The van der Waals surface area contributed by atoms with Crippen LogP contribution in [-0.4, -0.2) is 21.0 Å². The number of carboxylic acids is 1. The number of halogens is 2. The van der Waals surface area contributed by atoms with Crippen molar-refractivity contribution in [1.82, 2.24) is 9.97 Å². The average Bonchev–Trinajstić information content (AvgIpc) is 2.69. The van der Waals surface area contributed by atoms with E-state index in [2.05, 4.69) is 25.9 Å². The zero-order chi connectivity index (χ0) is 13.1. The van der Waals surface area contributed by atoms with Crippen LogP contribution in [0, 0.1) is 5.82 Å². The minimum Gasteiger partial charge on any atom is -0.481 e. The SMILES string of the molecule is O=C(O)CCc1[nH]c(Br)nc1-c1ccc(F)cc1. The summed E-state index contributed by atoms with van der Waals surface area (Å²) in [4.78, 5) is 17.8. The van der Waals surface area contributed by atoms with Crippen LogP contribution in [-0.2, 0) is 11.2 Å². The first-order chi connectivity index (χ1) is 8.56. The van der Waals surface area contributed by atoms with Gasteiger partial charge in [0.1, 0.15) is 5.82 Å². The van der Waals surface area contributed by atoms with Gasteiger partial charge < -0.3 is 10.1 Å². The number of imidazole rings is 1. The third kappa shape index (κ3) is 2.95. The molecular weight excluding hydrogens is 303 g/mol. The number of nitrogens with one attached hydrogen (secondary N) is 1. The van der Waals surface area contributed by atoms with Crippen LogP contribution in [0.1, 0.15) is 12.1 Å². The van der Waals surface area contributed by atoms with E-state index < -0.39 is 5.97 Å². The Labute approximate surface area is 111 Å². The van der Waals surface area contributed by atoms with Crippen LogP contribution in [0.5, 0.6) is 0 Å². The predicted octanol–water partition coefficient (Wildman–Crippen LogP) is 3.00. The molecule has 2 aromatic rings. The van der Waals surface area contributed by atoms with Gasteiger partial charge in [0.05, 0.1) is 12.1 Å². The lowest BCUT2D eigenvalue weighted by Gasteiger charge is -2.01. The first-order valence-electron chi connectivity index (χ1n) is 5.28. The second kappa shape index (κ2) is 5.30. The summed E-state index contributed by atoms with van der Waals surface area (Å²) < 4.78 is 13.4. The molecule has 0 bridgehead atoms. The van der Waals surface area contributed by atoms with Crippen molar-refractivity contribution >= 4 is 21.9 Å². The molecule has 4 nitrogen and oxygen atoms in total. The fourth-order valence-electron chi connectivity index (χ4n) is 1.64. The van der Waals surface area contributed by atoms with E-state index in [0.717, 1.165) is 11.3 Å². The molecule has 0 saturated heterocycles. The summed E-state index contributed by atoms with van der Waals surface area (Å²) in [6.45, 7) is 0. The van der Waals surface area contributed by atoms with Gasteiger partial charge in [0.15, 0.2) is 4.73 Å². The fraction of sp³-hybridized carbons (Fsp3) is 0.167. The highest BCUT2D eigenvalue weighted by molar-refractivity contribution is 9.10. The number of benzene rings is 1. The zero-order valence-electron chi connectivity index (χ0n) is 9.28. The van der Waals surface area contributed by atoms with E-state index in [1.54, 1.807) is 12.1 Å². The van der Waals surface area contributed by atoms with E-state index in [0.29, 0.717) is 16.8 Å². The smallest absolute Gasteiger partial charge is 0.303 e. The van der Waals surface area contributed by atoms with Gasteiger partial charge >= 0.3 is 5.97 Å². The number of carbonyl (C=O) groups is 1. The lowest BCUT2D eigenvalue weighted by molar-refractivity contribution is -0.136. The molecule has 0 amide bonds. The number of aliphatic carboxylic acids is 1. The molecule has 0 atom stereocenters. The molecule has 2 N–H and O–H groups in total. The Hall–Kier alpha value is -1.69. The van der Waals surface area contributed by atoms with Crippen LogP contribution in [0.4, 0.5) is 4.39 Å². The monoisotopic (exact) mass is 312 g/mol. The van der Waals surface area contributed by atoms with Gasteiger partial charge in [-0.2, -0.15) is 0 Å². The predicted molar refractivity (Wildman–Crippen MR) is 67.6 cm³/mol. The number of hydrogen-bond donors (Lipinski definition) is 2. The fourth-order valence-corrected chi connectivity index (χ4v) is 2.05. The second-order valence-corrected chi connectivity index (χ2v) is 4.51. The summed E-state index contributed by atoms with van der Waals surface area (Å²) in [5, 5.41) is 8.68. The van der Waals surface area contributed by atoms with Crippen molar-refractivity contribution in [2.45, 2.75) is 12.8 Å². The number of carboxylic acid groups (broad SMARTS) is 1. The van der Waals surface area contributed by atoms with E-state index in [1.165, 1.54) is 12.1 Å². The Morgan fingerprint density at radius 3 is 2.67 bits per heavy atom. The van der Waals surface area contributed by atoms with Crippen LogP contribution in [0.15, 0.2) is 29.0 Å². The third-order valence-electron chi connectivity index (χ3n) is 2.46. The molecule has 0 radical (unpaired) electrons. The number of nitrogens with zero attached hydrogens (tertiary/aromatic N) is 1. The summed E-state index contributed by atoms with van der Waals surface area (Å²) in [6.07, 6.45) is 0.365. The second-order valence-electron chi connectivity index (χ2n) is 3.76. The maximum atomic E-state index is 12.8. The van der Waals surface area contributed by atoms with Crippen LogP contribution in [0.25, 0.3) is 11.3 Å². The van der Waals surface area contributed by atoms with E-state index in [1.807, 2.05) is 0 Å². The highest BCUT2D eigenvalue weighted by atomic mass is 79.9. The molecule has 1 aromatic heterocycles. The molecule has 94 valence electrons. The molecular formula is C12H10BrFN2O2. The third-order valence-corrected chi connectivity index (χ3v) is 2.83. The molecule has 0 fully saturated rings. The van der Waals surface area contributed by atoms with Crippen molar-refractivity contribution in [3.63, 3.8) is 0 Å². The Balaban J connectivity index is 2.31. The van der Waals surface area contributed by atoms with Crippen LogP contribution < -0.4 is 0 Å². The van der Waals surface area contributed by atoms with Gasteiger partial charge in [-0.1, -0.05) is 0 Å². The molecule has 1 heterocycles. The standard InChI is InChI=1S/C12H10BrFN2O2/c13-12-15-9(5-6-10(17)18)11(16-12)7-1-3-8(14)4-2-7/h1-4H,5-6H2,(H,15,16)(H,17,18). The molecule has 1 aromatic carbocycles. The molecule has 0 aliphatic heterocycles. The highest BCUT2D eigenvalue weighted by Gasteiger charge is 2.12. The van der Waals surface area contributed by atoms with E-state index >= 15 is 0 Å². The first-order valence-corrected chi connectivity index (χ1v) is 6.07. The van der Waals surface area contributed by atoms with E-state index in [9.17, 15) is 9.18 Å². The number of H-pyrrole nitrogens is 1. The zero-order valence-corrected chi connectivity index (χ0v) is 10.9. The highest BCUT2D eigenvalue weighted by Crippen LogP contribution is 2.24. The van der Waals surface area contributed by atoms with Gasteiger partial charge in [-0.15, -0.1) is 0 Å². The summed E-state index contributed by atoms with van der Waals surface area (Å²) in [5.41, 5.74) is 2.11. The van der Waals surface area contributed by atoms with Gasteiger partial charge in [-0.05, 0) is 40.2 Å². The summed E-state index contributed by atoms with van der Waals surface area (Å²) in [7, 11) is 0. The minimum absolute atomic E-state index is 0.0167. The van der Waals surface area contributed by atoms with Crippen molar-refractivity contribution < 1.29 is 14.3 Å². The van der Waals surface area contributed by atoms with Crippen LogP contribution in [0.3, 0.4) is 0 Å². The quantitative estimate of drug-likeness (QED) is 0.912. The van der Waals surface area contributed by atoms with Crippen molar-refractivity contribution in [3.8, 4) is 11.3 Å². The van der Waals surface area contributed by atoms with Gasteiger partial charge in [0.2, 0.25) is 0 Å². The van der Waals surface area contributed by atoms with Gasteiger partial charge in [0, 0.05) is 17.7 Å². The molecule has 0 aliphatic rings. The number of aryl methyl sites for hydroxylation is 1. The van der Waals surface area contributed by atoms with Crippen LogP contribution in [0.2, 0.25) is 0 Å². The van der Waals surface area contributed by atoms with Gasteiger partial charge in [0.25, 0.3) is 0 Å². The van der Waals surface area contributed by atoms with Crippen molar-refractivity contribution in [2.24, 2.45) is 0 Å². The number of rotatable bonds is 4. The number of aromatic nitrogens is 2. The summed E-state index contributed by atoms with van der Waals surface area (Å²) in [6, 6.07) is 5.92. The molecule has 0 spiro atoms. The normalized spacial score (nSPS) is 10.6. The van der Waals surface area contributed by atoms with Crippen molar-refractivity contribution in [1.29, 1.82) is 0 Å². The Bertz CT molecular complexity index is 566. The molecule has 0 saturated carbocycles. The molecule has 0 unspecified atom stereocenters. The molecule has 2 rings (SSSR count). The number of aromatic amines is 1. The van der Waals surface area contributed by atoms with Crippen LogP contribution >= 0.6 is 15.9 Å². The first kappa shape index (κ1) is 12.8. The summed E-state index contributed by atoms with van der Waals surface area (Å²) >= 11 is 3.21. The summed E-state index contributed by atoms with van der Waals surface area (Å²) in [5.74, 6) is -1.19. The maximum Gasteiger partial charge on any atom is 0.303 e. The molecule has 6 heteroatoms.